The molecule has 0 bridgehead atoms. The first-order valence-electron chi connectivity index (χ1n) is 9.28. The van der Waals surface area contributed by atoms with Crippen molar-refractivity contribution in [3.8, 4) is 0 Å². The third kappa shape index (κ3) is 5.74. The number of hydrogen-bond acceptors (Lipinski definition) is 5. The zero-order chi connectivity index (χ0) is 17.4. The molecule has 1 aliphatic carbocycles. The van der Waals surface area contributed by atoms with E-state index in [2.05, 4.69) is 4.90 Å². The molecule has 0 aromatic rings. The van der Waals surface area contributed by atoms with Crippen molar-refractivity contribution in [2.24, 2.45) is 11.8 Å². The van der Waals surface area contributed by atoms with Gasteiger partial charge in [-0.2, -0.15) is 0 Å². The third-order valence-electron chi connectivity index (χ3n) is 5.15. The van der Waals surface area contributed by atoms with Crippen molar-refractivity contribution in [1.29, 1.82) is 0 Å². The van der Waals surface area contributed by atoms with E-state index in [1.165, 1.54) is 13.5 Å². The fraction of sp³-hybridized carbons (Fsp3) is 0.889. The summed E-state index contributed by atoms with van der Waals surface area (Å²) in [7, 11) is 1.40. The van der Waals surface area contributed by atoms with Crippen LogP contribution in [0.25, 0.3) is 0 Å². The van der Waals surface area contributed by atoms with Gasteiger partial charge in [-0.05, 0) is 12.8 Å². The molecule has 6 nitrogen and oxygen atoms in total. The number of nitrogens with zero attached hydrogens (tertiary/aromatic N) is 2. The van der Waals surface area contributed by atoms with Gasteiger partial charge in [-0.15, -0.1) is 0 Å². The van der Waals surface area contributed by atoms with E-state index in [0.717, 1.165) is 58.5 Å². The zero-order valence-electron chi connectivity index (χ0n) is 15.2. The van der Waals surface area contributed by atoms with Gasteiger partial charge in [-0.1, -0.05) is 26.2 Å². The summed E-state index contributed by atoms with van der Waals surface area (Å²) >= 11 is 0. The number of carbonyl (C=O) groups is 2. The third-order valence-corrected chi connectivity index (χ3v) is 5.15. The van der Waals surface area contributed by atoms with E-state index in [4.69, 9.17) is 9.47 Å². The highest BCUT2D eigenvalue weighted by atomic mass is 16.5. The van der Waals surface area contributed by atoms with Crippen molar-refractivity contribution in [1.82, 2.24) is 9.80 Å². The van der Waals surface area contributed by atoms with E-state index in [0.29, 0.717) is 13.1 Å². The molecule has 0 aromatic heterocycles. The standard InChI is InChI=1S/C18H32N2O4/c1-15(18(22)23-2)14-20(9-8-19-10-12-24-13-11-19)17(21)16-6-4-3-5-7-16/h15-16H,3-14H2,1-2H3. The second-order valence-corrected chi connectivity index (χ2v) is 7.00. The van der Waals surface area contributed by atoms with Crippen LogP contribution in [0.2, 0.25) is 0 Å². The first-order valence-corrected chi connectivity index (χ1v) is 9.28. The first kappa shape index (κ1) is 19.2. The summed E-state index contributed by atoms with van der Waals surface area (Å²) in [6.45, 7) is 7.15. The molecule has 1 unspecified atom stereocenters. The summed E-state index contributed by atoms with van der Waals surface area (Å²) < 4.78 is 10.2. The smallest absolute Gasteiger partial charge is 0.310 e. The molecule has 2 aliphatic rings. The van der Waals surface area contributed by atoms with Crippen LogP contribution >= 0.6 is 0 Å². The van der Waals surface area contributed by atoms with Crippen LogP contribution in [0.15, 0.2) is 0 Å². The average molecular weight is 340 g/mol. The summed E-state index contributed by atoms with van der Waals surface area (Å²) in [6.07, 6.45) is 5.48. The summed E-state index contributed by atoms with van der Waals surface area (Å²) in [5.74, 6) is -0.179. The molecule has 1 aliphatic heterocycles. The molecule has 24 heavy (non-hydrogen) atoms. The SMILES string of the molecule is COC(=O)C(C)CN(CCN1CCOCC1)C(=O)C1CCCCC1. The van der Waals surface area contributed by atoms with Gasteiger partial charge >= 0.3 is 5.97 Å². The predicted octanol–water partition coefficient (Wildman–Crippen LogP) is 1.54. The van der Waals surface area contributed by atoms with Crippen molar-refractivity contribution in [2.75, 3.05) is 53.0 Å². The maximum absolute atomic E-state index is 12.9. The van der Waals surface area contributed by atoms with Crippen LogP contribution in [0, 0.1) is 11.8 Å². The first-order chi connectivity index (χ1) is 11.6. The van der Waals surface area contributed by atoms with Crippen LogP contribution in [0.5, 0.6) is 0 Å². The lowest BCUT2D eigenvalue weighted by atomic mass is 9.88. The molecule has 1 heterocycles. The second-order valence-electron chi connectivity index (χ2n) is 7.00. The lowest BCUT2D eigenvalue weighted by molar-refractivity contribution is -0.147. The molecule has 1 saturated carbocycles. The number of rotatable bonds is 7. The van der Waals surface area contributed by atoms with Gasteiger partial charge in [0.15, 0.2) is 0 Å². The van der Waals surface area contributed by atoms with Gasteiger partial charge in [-0.3, -0.25) is 14.5 Å². The Morgan fingerprint density at radius 3 is 2.50 bits per heavy atom. The van der Waals surface area contributed by atoms with Gasteiger partial charge < -0.3 is 14.4 Å². The fourth-order valence-corrected chi connectivity index (χ4v) is 3.59. The molecule has 1 saturated heterocycles. The van der Waals surface area contributed by atoms with Crippen LogP contribution in [-0.2, 0) is 19.1 Å². The quantitative estimate of drug-likeness (QED) is 0.658. The van der Waals surface area contributed by atoms with Crippen molar-refractivity contribution < 1.29 is 19.1 Å². The number of carbonyl (C=O) groups excluding carboxylic acids is 2. The highest BCUT2D eigenvalue weighted by Gasteiger charge is 2.28. The lowest BCUT2D eigenvalue weighted by Crippen LogP contribution is -2.46. The minimum Gasteiger partial charge on any atom is -0.469 e. The summed E-state index contributed by atoms with van der Waals surface area (Å²) in [4.78, 5) is 28.9. The Kier molecular flexibility index (Phi) is 7.99. The molecule has 0 radical (unpaired) electrons. The Morgan fingerprint density at radius 1 is 1.21 bits per heavy atom. The van der Waals surface area contributed by atoms with Gasteiger partial charge in [0, 0.05) is 38.6 Å². The Bertz CT molecular complexity index is 404. The minimum atomic E-state index is -0.285. The lowest BCUT2D eigenvalue weighted by Gasteiger charge is -2.33. The minimum absolute atomic E-state index is 0.133. The fourth-order valence-electron chi connectivity index (χ4n) is 3.59. The highest BCUT2D eigenvalue weighted by Crippen LogP contribution is 2.25. The molecule has 1 atom stereocenters. The summed E-state index contributed by atoms with van der Waals surface area (Å²) in [5, 5.41) is 0. The molecule has 0 aromatic carbocycles. The highest BCUT2D eigenvalue weighted by molar-refractivity contribution is 5.80. The number of esters is 1. The molecule has 6 heteroatoms. The normalized spacial score (nSPS) is 21.2. The van der Waals surface area contributed by atoms with E-state index in [1.807, 2.05) is 11.8 Å². The number of methoxy groups -OCH3 is 1. The van der Waals surface area contributed by atoms with Crippen LogP contribution < -0.4 is 0 Å². The summed E-state index contributed by atoms with van der Waals surface area (Å²) in [6, 6.07) is 0. The van der Waals surface area contributed by atoms with Gasteiger partial charge in [0.25, 0.3) is 0 Å². The largest absolute Gasteiger partial charge is 0.469 e. The molecular formula is C18H32N2O4. The van der Waals surface area contributed by atoms with Crippen LogP contribution in [0.1, 0.15) is 39.0 Å². The van der Waals surface area contributed by atoms with Crippen molar-refractivity contribution in [3.63, 3.8) is 0 Å². The van der Waals surface area contributed by atoms with Gasteiger partial charge in [0.1, 0.15) is 0 Å². The molecular weight excluding hydrogens is 308 g/mol. The number of morpholine rings is 1. The monoisotopic (exact) mass is 340 g/mol. The van der Waals surface area contributed by atoms with E-state index >= 15 is 0 Å². The van der Waals surface area contributed by atoms with Crippen molar-refractivity contribution >= 4 is 11.9 Å². The Hall–Kier alpha value is -1.14. The molecule has 1 amide bonds. The molecule has 0 spiro atoms. The maximum Gasteiger partial charge on any atom is 0.310 e. The topological polar surface area (TPSA) is 59.1 Å². The maximum atomic E-state index is 12.9. The number of hydrogen-bond donors (Lipinski definition) is 0. The Labute approximate surface area is 145 Å². The van der Waals surface area contributed by atoms with E-state index in [1.54, 1.807) is 0 Å². The summed E-state index contributed by atoms with van der Waals surface area (Å²) in [5.41, 5.74) is 0. The molecule has 2 fully saturated rings. The second kappa shape index (κ2) is 9.99. The van der Waals surface area contributed by atoms with E-state index < -0.39 is 0 Å². The van der Waals surface area contributed by atoms with E-state index in [9.17, 15) is 9.59 Å². The number of amides is 1. The van der Waals surface area contributed by atoms with Crippen molar-refractivity contribution in [3.05, 3.63) is 0 Å². The Balaban J connectivity index is 1.93. The Morgan fingerprint density at radius 2 is 1.88 bits per heavy atom. The van der Waals surface area contributed by atoms with Crippen LogP contribution in [0.3, 0.4) is 0 Å². The van der Waals surface area contributed by atoms with E-state index in [-0.39, 0.29) is 23.7 Å². The van der Waals surface area contributed by atoms with Crippen LogP contribution in [-0.4, -0.2) is 74.7 Å². The van der Waals surface area contributed by atoms with Gasteiger partial charge in [0.05, 0.1) is 26.2 Å². The van der Waals surface area contributed by atoms with Crippen LogP contribution in [0.4, 0.5) is 0 Å². The number of ether oxygens (including phenoxy) is 2. The van der Waals surface area contributed by atoms with Crippen molar-refractivity contribution in [2.45, 2.75) is 39.0 Å². The molecule has 2 rings (SSSR count). The molecule has 0 N–H and O–H groups in total. The predicted molar refractivity (Wildman–Crippen MR) is 91.6 cm³/mol. The molecule has 138 valence electrons. The zero-order valence-corrected chi connectivity index (χ0v) is 15.2. The van der Waals surface area contributed by atoms with Gasteiger partial charge in [-0.25, -0.2) is 0 Å². The average Bonchev–Trinajstić information content (AvgIpc) is 2.65. The van der Waals surface area contributed by atoms with Gasteiger partial charge in [0.2, 0.25) is 5.91 Å².